The molecule has 0 spiro atoms. The molecule has 0 fully saturated rings. The average Bonchev–Trinajstić information content (AvgIpc) is 2.97. The van der Waals surface area contributed by atoms with Gasteiger partial charge in [-0.1, -0.05) is 36.4 Å². The highest BCUT2D eigenvalue weighted by molar-refractivity contribution is 5.96. The molecule has 0 saturated heterocycles. The molecular weight excluding hydrogens is 326 g/mol. The van der Waals surface area contributed by atoms with Crippen molar-refractivity contribution in [3.63, 3.8) is 0 Å². The zero-order valence-corrected chi connectivity index (χ0v) is 15.3. The largest absolute Gasteiger partial charge is 0.496 e. The highest BCUT2D eigenvalue weighted by atomic mass is 16.5. The van der Waals surface area contributed by atoms with Gasteiger partial charge in [-0.3, -0.25) is 4.79 Å². The van der Waals surface area contributed by atoms with E-state index >= 15 is 0 Å². The van der Waals surface area contributed by atoms with Crippen LogP contribution in [0.3, 0.4) is 0 Å². The van der Waals surface area contributed by atoms with Crippen LogP contribution in [0.25, 0.3) is 5.69 Å². The van der Waals surface area contributed by atoms with Gasteiger partial charge in [-0.2, -0.15) is 5.10 Å². The van der Waals surface area contributed by atoms with Crippen molar-refractivity contribution in [3.8, 4) is 11.4 Å². The summed E-state index contributed by atoms with van der Waals surface area (Å²) in [7, 11) is 1.65. The number of aryl methyl sites for hydroxylation is 1. The number of amides is 1. The van der Waals surface area contributed by atoms with Crippen molar-refractivity contribution in [1.82, 2.24) is 15.1 Å². The van der Waals surface area contributed by atoms with Crippen molar-refractivity contribution in [2.45, 2.75) is 20.3 Å². The first-order valence-electron chi connectivity index (χ1n) is 8.63. The molecule has 1 aromatic heterocycles. The first-order valence-corrected chi connectivity index (χ1v) is 8.63. The smallest absolute Gasteiger partial charge is 0.255 e. The van der Waals surface area contributed by atoms with E-state index in [-0.39, 0.29) is 5.91 Å². The molecule has 5 heteroatoms. The maximum absolute atomic E-state index is 12.7. The van der Waals surface area contributed by atoms with Gasteiger partial charge in [-0.15, -0.1) is 0 Å². The maximum Gasteiger partial charge on any atom is 0.255 e. The fourth-order valence-corrected chi connectivity index (χ4v) is 3.10. The molecule has 0 radical (unpaired) electrons. The Morgan fingerprint density at radius 2 is 1.77 bits per heavy atom. The Bertz CT molecular complexity index is 901. The van der Waals surface area contributed by atoms with Crippen molar-refractivity contribution in [1.29, 1.82) is 0 Å². The summed E-state index contributed by atoms with van der Waals surface area (Å²) in [6, 6.07) is 17.7. The van der Waals surface area contributed by atoms with Gasteiger partial charge in [0.2, 0.25) is 0 Å². The molecule has 0 saturated carbocycles. The van der Waals surface area contributed by atoms with E-state index in [1.807, 2.05) is 73.1 Å². The van der Waals surface area contributed by atoms with E-state index < -0.39 is 0 Å². The number of para-hydroxylation sites is 2. The minimum absolute atomic E-state index is 0.0999. The Hall–Kier alpha value is -3.08. The van der Waals surface area contributed by atoms with Gasteiger partial charge in [0, 0.05) is 6.54 Å². The van der Waals surface area contributed by atoms with Crippen LogP contribution in [-0.2, 0) is 6.42 Å². The van der Waals surface area contributed by atoms with Crippen LogP contribution >= 0.6 is 0 Å². The summed E-state index contributed by atoms with van der Waals surface area (Å²) in [6.07, 6.45) is 0.709. The second-order valence-electron chi connectivity index (χ2n) is 6.11. The van der Waals surface area contributed by atoms with E-state index in [2.05, 4.69) is 10.4 Å². The molecule has 0 aliphatic rings. The van der Waals surface area contributed by atoms with Crippen LogP contribution in [0.5, 0.6) is 5.75 Å². The van der Waals surface area contributed by atoms with Crippen molar-refractivity contribution in [2.24, 2.45) is 0 Å². The number of hydrogen-bond acceptors (Lipinski definition) is 3. The molecule has 0 atom stereocenters. The molecular formula is C21H23N3O2. The molecule has 0 unspecified atom stereocenters. The average molecular weight is 349 g/mol. The number of nitrogens with zero attached hydrogens (tertiary/aromatic N) is 2. The van der Waals surface area contributed by atoms with Crippen molar-refractivity contribution < 1.29 is 9.53 Å². The number of carbonyl (C=O) groups is 1. The van der Waals surface area contributed by atoms with Crippen molar-refractivity contribution in [3.05, 3.63) is 77.1 Å². The van der Waals surface area contributed by atoms with Crippen LogP contribution in [0.15, 0.2) is 54.6 Å². The van der Waals surface area contributed by atoms with Gasteiger partial charge in [0.15, 0.2) is 0 Å². The minimum Gasteiger partial charge on any atom is -0.496 e. The second kappa shape index (κ2) is 7.87. The zero-order valence-electron chi connectivity index (χ0n) is 15.3. The van der Waals surface area contributed by atoms with Gasteiger partial charge in [-0.25, -0.2) is 4.68 Å². The number of rotatable bonds is 6. The quantitative estimate of drug-likeness (QED) is 0.741. The number of benzene rings is 2. The molecule has 3 aromatic rings. The van der Waals surface area contributed by atoms with Crippen LogP contribution < -0.4 is 10.1 Å². The topological polar surface area (TPSA) is 56.1 Å². The summed E-state index contributed by atoms with van der Waals surface area (Å²) in [5, 5.41) is 7.53. The summed E-state index contributed by atoms with van der Waals surface area (Å²) in [5.74, 6) is 0.739. The van der Waals surface area contributed by atoms with E-state index in [1.54, 1.807) is 7.11 Å². The second-order valence-corrected chi connectivity index (χ2v) is 6.11. The lowest BCUT2D eigenvalue weighted by atomic mass is 10.1. The highest BCUT2D eigenvalue weighted by Crippen LogP contribution is 2.19. The van der Waals surface area contributed by atoms with Gasteiger partial charge in [0.25, 0.3) is 5.91 Å². The molecule has 1 heterocycles. The van der Waals surface area contributed by atoms with Gasteiger partial charge >= 0.3 is 0 Å². The van der Waals surface area contributed by atoms with Gasteiger partial charge in [-0.05, 0) is 44.0 Å². The number of aromatic nitrogens is 2. The lowest BCUT2D eigenvalue weighted by Crippen LogP contribution is -2.26. The van der Waals surface area contributed by atoms with Crippen LogP contribution in [-0.4, -0.2) is 29.3 Å². The lowest BCUT2D eigenvalue weighted by Gasteiger charge is -2.09. The highest BCUT2D eigenvalue weighted by Gasteiger charge is 2.19. The fraction of sp³-hybridized carbons (Fsp3) is 0.238. The normalized spacial score (nSPS) is 10.6. The molecule has 0 aliphatic heterocycles. The van der Waals surface area contributed by atoms with E-state index in [0.717, 1.165) is 28.4 Å². The van der Waals surface area contributed by atoms with Crippen LogP contribution in [0, 0.1) is 13.8 Å². The summed E-state index contributed by atoms with van der Waals surface area (Å²) in [5.41, 5.74) is 4.21. The Kier molecular flexibility index (Phi) is 5.37. The van der Waals surface area contributed by atoms with Crippen molar-refractivity contribution in [2.75, 3.05) is 13.7 Å². The molecule has 3 rings (SSSR count). The molecule has 26 heavy (non-hydrogen) atoms. The third-order valence-corrected chi connectivity index (χ3v) is 4.39. The lowest BCUT2D eigenvalue weighted by molar-refractivity contribution is 0.0953. The third kappa shape index (κ3) is 3.61. The first kappa shape index (κ1) is 17.7. The Balaban J connectivity index is 1.72. The summed E-state index contributed by atoms with van der Waals surface area (Å²) in [4.78, 5) is 12.7. The Labute approximate surface area is 153 Å². The van der Waals surface area contributed by atoms with Crippen LogP contribution in [0.4, 0.5) is 0 Å². The SMILES string of the molecule is COc1ccccc1CCNC(=O)c1c(C)nn(-c2ccccc2)c1C. The van der Waals surface area contributed by atoms with Crippen molar-refractivity contribution >= 4 is 5.91 Å². The molecule has 0 aliphatic carbocycles. The number of carbonyl (C=O) groups excluding carboxylic acids is 1. The molecule has 1 N–H and O–H groups in total. The maximum atomic E-state index is 12.7. The van der Waals surface area contributed by atoms with E-state index in [9.17, 15) is 4.79 Å². The van der Waals surface area contributed by atoms with Gasteiger partial charge < -0.3 is 10.1 Å². The molecule has 5 nitrogen and oxygen atoms in total. The summed E-state index contributed by atoms with van der Waals surface area (Å²) >= 11 is 0. The van der Waals surface area contributed by atoms with E-state index in [1.165, 1.54) is 0 Å². The van der Waals surface area contributed by atoms with E-state index in [4.69, 9.17) is 4.74 Å². The summed E-state index contributed by atoms with van der Waals surface area (Å²) in [6.45, 7) is 4.32. The Morgan fingerprint density at radius 1 is 1.08 bits per heavy atom. The predicted molar refractivity (Wildman–Crippen MR) is 102 cm³/mol. The number of ether oxygens (including phenoxy) is 1. The standard InChI is InChI=1S/C21H23N3O2/c1-15-20(16(2)24(23-15)18-10-5-4-6-11-18)21(25)22-14-13-17-9-7-8-12-19(17)26-3/h4-12H,13-14H2,1-3H3,(H,22,25). The number of nitrogens with one attached hydrogen (secondary N) is 1. The first-order chi connectivity index (χ1) is 12.6. The molecule has 2 aromatic carbocycles. The predicted octanol–water partition coefficient (Wildman–Crippen LogP) is 3.47. The fourth-order valence-electron chi connectivity index (χ4n) is 3.10. The van der Waals surface area contributed by atoms with E-state index in [0.29, 0.717) is 18.5 Å². The minimum atomic E-state index is -0.0999. The number of hydrogen-bond donors (Lipinski definition) is 1. The van der Waals surface area contributed by atoms with Gasteiger partial charge in [0.1, 0.15) is 5.75 Å². The molecule has 0 bridgehead atoms. The van der Waals surface area contributed by atoms with Crippen LogP contribution in [0.1, 0.15) is 27.3 Å². The third-order valence-electron chi connectivity index (χ3n) is 4.39. The molecule has 1 amide bonds. The zero-order chi connectivity index (χ0) is 18.5. The monoisotopic (exact) mass is 349 g/mol. The number of methoxy groups -OCH3 is 1. The Morgan fingerprint density at radius 3 is 2.50 bits per heavy atom. The summed E-state index contributed by atoms with van der Waals surface area (Å²) < 4.78 is 7.16. The molecule has 134 valence electrons. The van der Waals surface area contributed by atoms with Gasteiger partial charge in [0.05, 0.1) is 29.7 Å². The van der Waals surface area contributed by atoms with Crippen LogP contribution in [0.2, 0.25) is 0 Å².